The molecule has 0 bridgehead atoms. The van der Waals surface area contributed by atoms with Crippen LogP contribution in [0, 0.1) is 6.92 Å². The average Bonchev–Trinajstić information content (AvgIpc) is 2.67. The van der Waals surface area contributed by atoms with Gasteiger partial charge in [0, 0.05) is 38.4 Å². The first-order valence-electron chi connectivity index (χ1n) is 9.58. The molecule has 2 aromatic rings. The lowest BCUT2D eigenvalue weighted by atomic mass is 10.1. The number of nitrogens with zero attached hydrogens (tertiary/aromatic N) is 2. The molecule has 3 rings (SSSR count). The molecule has 1 aliphatic heterocycles. The van der Waals surface area contributed by atoms with Crippen LogP contribution in [-0.4, -0.2) is 55.5 Å². The van der Waals surface area contributed by atoms with Gasteiger partial charge in [-0.15, -0.1) is 0 Å². The fourth-order valence-corrected chi connectivity index (χ4v) is 3.08. The van der Waals surface area contributed by atoms with Crippen LogP contribution < -0.4 is 10.1 Å². The third kappa shape index (κ3) is 6.38. The number of benzene rings is 2. The number of hydrogen-bond acceptors (Lipinski definition) is 4. The van der Waals surface area contributed by atoms with Gasteiger partial charge in [0.15, 0.2) is 0 Å². The van der Waals surface area contributed by atoms with Crippen molar-refractivity contribution in [1.82, 2.24) is 9.80 Å². The molecule has 5 heteroatoms. The second kappa shape index (κ2) is 9.53. The van der Waals surface area contributed by atoms with Gasteiger partial charge in [-0.2, -0.15) is 0 Å². The summed E-state index contributed by atoms with van der Waals surface area (Å²) in [6.07, 6.45) is 0.330. The third-order valence-corrected chi connectivity index (χ3v) is 4.86. The molecular formula is C22H29N3O2. The Hall–Kier alpha value is -2.37. The van der Waals surface area contributed by atoms with Gasteiger partial charge in [-0.05, 0) is 43.8 Å². The Morgan fingerprint density at radius 1 is 1.00 bits per heavy atom. The second-order valence-corrected chi connectivity index (χ2v) is 7.24. The van der Waals surface area contributed by atoms with E-state index in [0.29, 0.717) is 13.0 Å². The molecule has 2 aromatic carbocycles. The van der Waals surface area contributed by atoms with Crippen molar-refractivity contribution in [3.05, 3.63) is 59.7 Å². The number of ether oxygens (including phenoxy) is 1. The molecule has 0 saturated carbocycles. The van der Waals surface area contributed by atoms with E-state index in [1.807, 2.05) is 43.3 Å². The highest BCUT2D eigenvalue weighted by molar-refractivity contribution is 5.90. The van der Waals surface area contributed by atoms with Gasteiger partial charge in [-0.3, -0.25) is 9.69 Å². The molecule has 5 nitrogen and oxygen atoms in total. The number of carbonyl (C=O) groups is 1. The topological polar surface area (TPSA) is 44.8 Å². The number of rotatable bonds is 7. The van der Waals surface area contributed by atoms with Crippen molar-refractivity contribution in [2.24, 2.45) is 0 Å². The summed E-state index contributed by atoms with van der Waals surface area (Å²) in [6, 6.07) is 16.0. The summed E-state index contributed by atoms with van der Waals surface area (Å²) in [7, 11) is 2.17. The second-order valence-electron chi connectivity index (χ2n) is 7.24. The van der Waals surface area contributed by atoms with Gasteiger partial charge < -0.3 is 15.0 Å². The van der Waals surface area contributed by atoms with E-state index in [4.69, 9.17) is 4.74 Å². The number of aryl methyl sites for hydroxylation is 1. The van der Waals surface area contributed by atoms with Crippen LogP contribution >= 0.6 is 0 Å². The Labute approximate surface area is 161 Å². The van der Waals surface area contributed by atoms with E-state index in [2.05, 4.69) is 34.3 Å². The summed E-state index contributed by atoms with van der Waals surface area (Å²) in [5.41, 5.74) is 3.30. The molecule has 27 heavy (non-hydrogen) atoms. The molecule has 0 radical (unpaired) electrons. The molecule has 1 heterocycles. The maximum Gasteiger partial charge on any atom is 0.227 e. The van der Waals surface area contributed by atoms with Crippen LogP contribution in [0.25, 0.3) is 0 Å². The number of hydrogen-bond donors (Lipinski definition) is 1. The molecule has 144 valence electrons. The number of anilines is 1. The lowest BCUT2D eigenvalue weighted by molar-refractivity contribution is -0.116. The minimum absolute atomic E-state index is 0.0334. The van der Waals surface area contributed by atoms with Gasteiger partial charge in [0.25, 0.3) is 0 Å². The van der Waals surface area contributed by atoms with Crippen LogP contribution in [0.1, 0.15) is 17.5 Å². The Morgan fingerprint density at radius 2 is 1.67 bits per heavy atom. The fourth-order valence-electron chi connectivity index (χ4n) is 3.08. The summed E-state index contributed by atoms with van der Waals surface area (Å²) in [4.78, 5) is 16.9. The van der Waals surface area contributed by atoms with Gasteiger partial charge in [0.05, 0.1) is 13.0 Å². The maximum absolute atomic E-state index is 12.1. The summed E-state index contributed by atoms with van der Waals surface area (Å²) >= 11 is 0. The lowest BCUT2D eigenvalue weighted by Crippen LogP contribution is -2.43. The fraction of sp³-hybridized carbons (Fsp3) is 0.409. The Kier molecular flexibility index (Phi) is 6.85. The van der Waals surface area contributed by atoms with E-state index < -0.39 is 0 Å². The standard InChI is InChI=1S/C22H29N3O2/c1-18-3-9-21(10-4-18)27-16-11-22(26)23-20-7-5-19(6-8-20)17-25-14-12-24(2)13-15-25/h3-10H,11-17H2,1-2H3,(H,23,26). The third-order valence-electron chi connectivity index (χ3n) is 4.86. The van der Waals surface area contributed by atoms with Crippen molar-refractivity contribution in [3.63, 3.8) is 0 Å². The minimum Gasteiger partial charge on any atom is -0.493 e. The highest BCUT2D eigenvalue weighted by Gasteiger charge is 2.13. The van der Waals surface area contributed by atoms with Gasteiger partial charge in [-0.1, -0.05) is 29.8 Å². The molecule has 0 aromatic heterocycles. The Bertz CT molecular complexity index is 720. The van der Waals surface area contributed by atoms with Gasteiger partial charge in [0.1, 0.15) is 5.75 Å². The van der Waals surface area contributed by atoms with E-state index >= 15 is 0 Å². The zero-order valence-corrected chi connectivity index (χ0v) is 16.3. The molecule has 1 fully saturated rings. The van der Waals surface area contributed by atoms with Crippen LogP contribution in [0.2, 0.25) is 0 Å². The molecule has 1 N–H and O–H groups in total. The predicted octanol–water partition coefficient (Wildman–Crippen LogP) is 3.15. The van der Waals surface area contributed by atoms with Crippen LogP contribution in [0.4, 0.5) is 5.69 Å². The van der Waals surface area contributed by atoms with Crippen molar-refractivity contribution >= 4 is 11.6 Å². The van der Waals surface area contributed by atoms with Crippen molar-refractivity contribution in [2.75, 3.05) is 45.2 Å². The highest BCUT2D eigenvalue weighted by atomic mass is 16.5. The summed E-state index contributed by atoms with van der Waals surface area (Å²) in [5.74, 6) is 0.760. The zero-order chi connectivity index (χ0) is 19.1. The smallest absolute Gasteiger partial charge is 0.227 e. The van der Waals surface area contributed by atoms with Crippen LogP contribution in [0.3, 0.4) is 0 Å². The van der Waals surface area contributed by atoms with E-state index in [-0.39, 0.29) is 5.91 Å². The number of carbonyl (C=O) groups excluding carboxylic acids is 1. The monoisotopic (exact) mass is 367 g/mol. The van der Waals surface area contributed by atoms with Gasteiger partial charge in [-0.25, -0.2) is 0 Å². The molecule has 0 unspecified atom stereocenters. The van der Waals surface area contributed by atoms with Crippen molar-refractivity contribution in [3.8, 4) is 5.75 Å². The van der Waals surface area contributed by atoms with Crippen molar-refractivity contribution in [1.29, 1.82) is 0 Å². The average molecular weight is 367 g/mol. The lowest BCUT2D eigenvalue weighted by Gasteiger charge is -2.32. The molecule has 0 spiro atoms. The van der Waals surface area contributed by atoms with Crippen LogP contribution in [-0.2, 0) is 11.3 Å². The largest absolute Gasteiger partial charge is 0.493 e. The molecule has 1 amide bonds. The molecule has 1 aliphatic rings. The summed E-state index contributed by atoms with van der Waals surface area (Å²) in [5, 5.41) is 2.93. The van der Waals surface area contributed by atoms with E-state index in [0.717, 1.165) is 44.2 Å². The summed E-state index contributed by atoms with van der Waals surface area (Å²) in [6.45, 7) is 7.83. The van der Waals surface area contributed by atoms with Gasteiger partial charge >= 0.3 is 0 Å². The van der Waals surface area contributed by atoms with E-state index in [1.165, 1.54) is 11.1 Å². The first kappa shape index (κ1) is 19.4. The van der Waals surface area contributed by atoms with Gasteiger partial charge in [0.2, 0.25) is 5.91 Å². The van der Waals surface area contributed by atoms with E-state index in [9.17, 15) is 4.79 Å². The Morgan fingerprint density at radius 3 is 2.33 bits per heavy atom. The van der Waals surface area contributed by atoms with Crippen molar-refractivity contribution in [2.45, 2.75) is 19.9 Å². The first-order valence-corrected chi connectivity index (χ1v) is 9.58. The number of likely N-dealkylation sites (N-methyl/N-ethyl adjacent to an activating group) is 1. The highest BCUT2D eigenvalue weighted by Crippen LogP contribution is 2.14. The number of piperazine rings is 1. The van der Waals surface area contributed by atoms with Crippen LogP contribution in [0.5, 0.6) is 5.75 Å². The molecule has 1 saturated heterocycles. The first-order chi connectivity index (χ1) is 13.1. The molecule has 0 atom stereocenters. The number of amides is 1. The number of nitrogens with one attached hydrogen (secondary N) is 1. The van der Waals surface area contributed by atoms with Crippen LogP contribution in [0.15, 0.2) is 48.5 Å². The van der Waals surface area contributed by atoms with Crippen molar-refractivity contribution < 1.29 is 9.53 Å². The predicted molar refractivity (Wildman–Crippen MR) is 109 cm³/mol. The quantitative estimate of drug-likeness (QED) is 0.817. The zero-order valence-electron chi connectivity index (χ0n) is 16.3. The van der Waals surface area contributed by atoms with E-state index in [1.54, 1.807) is 0 Å². The molecule has 0 aliphatic carbocycles. The maximum atomic E-state index is 12.1. The normalized spacial score (nSPS) is 15.5. The summed E-state index contributed by atoms with van der Waals surface area (Å²) < 4.78 is 5.61. The Balaban J connectivity index is 1.39. The minimum atomic E-state index is -0.0334. The molecular weight excluding hydrogens is 338 g/mol. The SMILES string of the molecule is Cc1ccc(OCCC(=O)Nc2ccc(CN3CCN(C)CC3)cc2)cc1.